The number of rotatable bonds is 10. The van der Waals surface area contributed by atoms with Gasteiger partial charge in [-0.15, -0.1) is 0 Å². The largest absolute Gasteiger partial charge is 0.381 e. The van der Waals surface area contributed by atoms with Gasteiger partial charge in [0.1, 0.15) is 0 Å². The van der Waals surface area contributed by atoms with Gasteiger partial charge in [0.2, 0.25) is 0 Å². The van der Waals surface area contributed by atoms with Gasteiger partial charge in [-0.1, -0.05) is 6.92 Å². The van der Waals surface area contributed by atoms with Gasteiger partial charge in [-0.05, 0) is 52.0 Å². The van der Waals surface area contributed by atoms with Crippen molar-refractivity contribution >= 4 is 0 Å². The minimum Gasteiger partial charge on any atom is -0.381 e. The van der Waals surface area contributed by atoms with Crippen LogP contribution in [0.1, 0.15) is 51.9 Å². The second-order valence-corrected chi connectivity index (χ2v) is 4.95. The summed E-state index contributed by atoms with van der Waals surface area (Å²) in [6.07, 6.45) is 9.05. The first-order valence-electron chi connectivity index (χ1n) is 7.23. The highest BCUT2D eigenvalue weighted by Gasteiger charge is 2.15. The van der Waals surface area contributed by atoms with E-state index < -0.39 is 0 Å². The fourth-order valence-corrected chi connectivity index (χ4v) is 2.37. The van der Waals surface area contributed by atoms with E-state index in [4.69, 9.17) is 9.47 Å². The molecule has 3 heteroatoms. The molecule has 2 atom stereocenters. The van der Waals surface area contributed by atoms with Gasteiger partial charge in [0.05, 0.1) is 6.10 Å². The molecule has 0 aromatic heterocycles. The van der Waals surface area contributed by atoms with Crippen molar-refractivity contribution in [1.29, 1.82) is 0 Å². The summed E-state index contributed by atoms with van der Waals surface area (Å²) in [6.45, 7) is 4.91. The minimum atomic E-state index is 0.545. The topological polar surface area (TPSA) is 30.5 Å². The quantitative estimate of drug-likeness (QED) is 0.598. The van der Waals surface area contributed by atoms with Crippen LogP contribution in [0.5, 0.6) is 0 Å². The zero-order valence-electron chi connectivity index (χ0n) is 11.5. The van der Waals surface area contributed by atoms with E-state index in [1.165, 1.54) is 32.1 Å². The number of hydrogen-bond acceptors (Lipinski definition) is 3. The van der Waals surface area contributed by atoms with Crippen molar-refractivity contribution in [1.82, 2.24) is 5.32 Å². The summed E-state index contributed by atoms with van der Waals surface area (Å²) < 4.78 is 11.2. The van der Waals surface area contributed by atoms with E-state index in [-0.39, 0.29) is 0 Å². The molecule has 1 aliphatic heterocycles. The van der Waals surface area contributed by atoms with Gasteiger partial charge in [-0.25, -0.2) is 0 Å². The Morgan fingerprint density at radius 3 is 2.88 bits per heavy atom. The van der Waals surface area contributed by atoms with Crippen molar-refractivity contribution in [2.24, 2.45) is 0 Å². The summed E-state index contributed by atoms with van der Waals surface area (Å²) in [5.74, 6) is 0. The monoisotopic (exact) mass is 243 g/mol. The Morgan fingerprint density at radius 2 is 2.24 bits per heavy atom. The molecule has 1 aliphatic rings. The predicted octanol–water partition coefficient (Wildman–Crippen LogP) is 2.74. The molecule has 0 aliphatic carbocycles. The molecule has 2 unspecified atom stereocenters. The maximum atomic E-state index is 5.64. The number of hydrogen-bond donors (Lipinski definition) is 1. The van der Waals surface area contributed by atoms with Gasteiger partial charge >= 0.3 is 0 Å². The third-order valence-electron chi connectivity index (χ3n) is 3.47. The third kappa shape index (κ3) is 7.02. The van der Waals surface area contributed by atoms with Crippen LogP contribution in [0.25, 0.3) is 0 Å². The van der Waals surface area contributed by atoms with Gasteiger partial charge in [0.15, 0.2) is 0 Å². The van der Waals surface area contributed by atoms with Gasteiger partial charge in [0.25, 0.3) is 0 Å². The standard InChI is InChI=1S/C14H29NO2/c1-3-10-16-12-9-13(15-2)6-4-7-14-8-5-11-17-14/h13-15H,3-12H2,1-2H3. The molecule has 0 aromatic carbocycles. The lowest BCUT2D eigenvalue weighted by Gasteiger charge is -2.17. The second kappa shape index (κ2) is 9.86. The van der Waals surface area contributed by atoms with Crippen LogP contribution in [0.4, 0.5) is 0 Å². The number of nitrogens with one attached hydrogen (secondary N) is 1. The van der Waals surface area contributed by atoms with Gasteiger partial charge < -0.3 is 14.8 Å². The second-order valence-electron chi connectivity index (χ2n) is 4.95. The molecule has 1 fully saturated rings. The highest BCUT2D eigenvalue weighted by atomic mass is 16.5. The first kappa shape index (κ1) is 14.9. The van der Waals surface area contributed by atoms with Crippen LogP contribution in [0.15, 0.2) is 0 Å². The average Bonchev–Trinajstić information content (AvgIpc) is 2.85. The molecule has 102 valence electrons. The normalized spacial score (nSPS) is 21.9. The predicted molar refractivity (Wildman–Crippen MR) is 71.4 cm³/mol. The van der Waals surface area contributed by atoms with Crippen molar-refractivity contribution in [2.75, 3.05) is 26.9 Å². The fraction of sp³-hybridized carbons (Fsp3) is 1.00. The Bertz CT molecular complexity index is 170. The molecule has 0 saturated carbocycles. The summed E-state index contributed by atoms with van der Waals surface area (Å²) in [5, 5.41) is 3.38. The van der Waals surface area contributed by atoms with E-state index in [1.807, 2.05) is 0 Å². The smallest absolute Gasteiger partial charge is 0.0576 e. The molecule has 17 heavy (non-hydrogen) atoms. The Balaban J connectivity index is 1.97. The SMILES string of the molecule is CCCOCCC(CCCC1CCCO1)NC. The average molecular weight is 243 g/mol. The van der Waals surface area contributed by atoms with Crippen molar-refractivity contribution in [3.05, 3.63) is 0 Å². The first-order chi connectivity index (χ1) is 8.36. The summed E-state index contributed by atoms with van der Waals surface area (Å²) in [4.78, 5) is 0. The van der Waals surface area contributed by atoms with E-state index in [0.29, 0.717) is 12.1 Å². The molecule has 1 rings (SSSR count). The molecule has 0 bridgehead atoms. The summed E-state index contributed by atoms with van der Waals surface area (Å²) in [7, 11) is 2.05. The number of ether oxygens (including phenoxy) is 2. The van der Waals surface area contributed by atoms with Gasteiger partial charge in [-0.3, -0.25) is 0 Å². The van der Waals surface area contributed by atoms with Crippen molar-refractivity contribution in [2.45, 2.75) is 64.0 Å². The third-order valence-corrected chi connectivity index (χ3v) is 3.47. The van der Waals surface area contributed by atoms with Crippen molar-refractivity contribution in [3.63, 3.8) is 0 Å². The highest BCUT2D eigenvalue weighted by Crippen LogP contribution is 2.18. The molecule has 1 saturated heterocycles. The van der Waals surface area contributed by atoms with Crippen molar-refractivity contribution in [3.8, 4) is 0 Å². The van der Waals surface area contributed by atoms with Crippen LogP contribution >= 0.6 is 0 Å². The molecule has 0 spiro atoms. The fourth-order valence-electron chi connectivity index (χ4n) is 2.37. The lowest BCUT2D eigenvalue weighted by molar-refractivity contribution is 0.0993. The zero-order chi connectivity index (χ0) is 12.3. The Hall–Kier alpha value is -0.120. The molecule has 0 amide bonds. The molecular formula is C14H29NO2. The van der Waals surface area contributed by atoms with Gasteiger partial charge in [-0.2, -0.15) is 0 Å². The van der Waals surface area contributed by atoms with E-state index in [1.54, 1.807) is 0 Å². The van der Waals surface area contributed by atoms with Crippen LogP contribution in [0.3, 0.4) is 0 Å². The first-order valence-corrected chi connectivity index (χ1v) is 7.23. The van der Waals surface area contributed by atoms with Crippen molar-refractivity contribution < 1.29 is 9.47 Å². The van der Waals surface area contributed by atoms with E-state index in [9.17, 15) is 0 Å². The van der Waals surface area contributed by atoms with E-state index in [2.05, 4.69) is 19.3 Å². The maximum absolute atomic E-state index is 5.64. The van der Waals surface area contributed by atoms with Crippen LogP contribution in [-0.4, -0.2) is 39.0 Å². The lowest BCUT2D eigenvalue weighted by atomic mass is 10.0. The molecule has 1 heterocycles. The summed E-state index contributed by atoms with van der Waals surface area (Å²) in [6, 6.07) is 0.605. The lowest BCUT2D eigenvalue weighted by Crippen LogP contribution is -2.27. The summed E-state index contributed by atoms with van der Waals surface area (Å²) >= 11 is 0. The molecule has 1 N–H and O–H groups in total. The van der Waals surface area contributed by atoms with Crippen LogP contribution in [0.2, 0.25) is 0 Å². The Labute approximate surface area is 106 Å². The Morgan fingerprint density at radius 1 is 1.35 bits per heavy atom. The maximum Gasteiger partial charge on any atom is 0.0576 e. The zero-order valence-corrected chi connectivity index (χ0v) is 11.5. The molecule has 0 aromatic rings. The van der Waals surface area contributed by atoms with E-state index >= 15 is 0 Å². The summed E-state index contributed by atoms with van der Waals surface area (Å²) in [5.41, 5.74) is 0. The van der Waals surface area contributed by atoms with Crippen LogP contribution in [0, 0.1) is 0 Å². The minimum absolute atomic E-state index is 0.545. The molecule has 0 radical (unpaired) electrons. The highest BCUT2D eigenvalue weighted by molar-refractivity contribution is 4.69. The van der Waals surface area contributed by atoms with Gasteiger partial charge in [0, 0.05) is 25.9 Å². The van der Waals surface area contributed by atoms with E-state index in [0.717, 1.165) is 32.7 Å². The Kier molecular flexibility index (Phi) is 8.67. The van der Waals surface area contributed by atoms with Crippen LogP contribution in [-0.2, 0) is 9.47 Å². The molecule has 3 nitrogen and oxygen atoms in total. The molecular weight excluding hydrogens is 214 g/mol. The van der Waals surface area contributed by atoms with Crippen LogP contribution < -0.4 is 5.32 Å².